The zero-order valence-electron chi connectivity index (χ0n) is 15.4. The maximum Gasteiger partial charge on any atom is 0.417 e. The average Bonchev–Trinajstić information content (AvgIpc) is 3.12. The minimum atomic E-state index is -4.63. The predicted molar refractivity (Wildman–Crippen MR) is 97.1 cm³/mol. The number of hydrogen-bond donors (Lipinski definition) is 1. The summed E-state index contributed by atoms with van der Waals surface area (Å²) in [5, 5.41) is 1.87. The molecule has 1 N–H and O–H groups in total. The molecule has 156 valence electrons. The van der Waals surface area contributed by atoms with Crippen molar-refractivity contribution >= 4 is 29.1 Å². The maximum atomic E-state index is 12.9. The van der Waals surface area contributed by atoms with Gasteiger partial charge >= 0.3 is 6.18 Å². The molecule has 2 amide bonds. The Hall–Kier alpha value is -1.84. The first-order chi connectivity index (χ1) is 13.2. The minimum Gasteiger partial charge on any atom is -0.378 e. The molecule has 2 rings (SSSR count). The van der Waals surface area contributed by atoms with E-state index in [4.69, 9.17) is 21.1 Å². The first-order valence-electron chi connectivity index (χ1n) is 8.76. The smallest absolute Gasteiger partial charge is 0.378 e. The third-order valence-corrected chi connectivity index (χ3v) is 4.48. The molecule has 0 radical (unpaired) electrons. The largest absolute Gasteiger partial charge is 0.417 e. The lowest BCUT2D eigenvalue weighted by molar-refractivity contribution is -0.137. The Kier molecular flexibility index (Phi) is 8.09. The molecule has 1 aliphatic heterocycles. The van der Waals surface area contributed by atoms with Crippen molar-refractivity contribution in [1.82, 2.24) is 4.90 Å². The minimum absolute atomic E-state index is 0.0533. The number of carbonyl (C=O) groups is 2. The summed E-state index contributed by atoms with van der Waals surface area (Å²) in [7, 11) is 1.44. The molecule has 0 aliphatic carbocycles. The molecule has 1 unspecified atom stereocenters. The lowest BCUT2D eigenvalue weighted by Gasteiger charge is -2.18. The van der Waals surface area contributed by atoms with Crippen LogP contribution in [0, 0.1) is 0 Å². The van der Waals surface area contributed by atoms with Crippen LogP contribution in [-0.2, 0) is 25.2 Å². The van der Waals surface area contributed by atoms with Crippen LogP contribution in [0.15, 0.2) is 18.2 Å². The second kappa shape index (κ2) is 10.1. The third kappa shape index (κ3) is 6.96. The van der Waals surface area contributed by atoms with Crippen LogP contribution in [0.4, 0.5) is 18.9 Å². The van der Waals surface area contributed by atoms with Gasteiger partial charge < -0.3 is 19.7 Å². The van der Waals surface area contributed by atoms with Crippen molar-refractivity contribution in [2.45, 2.75) is 31.5 Å². The van der Waals surface area contributed by atoms with Gasteiger partial charge in [-0.3, -0.25) is 9.59 Å². The number of carbonyl (C=O) groups excluding carboxylic acids is 2. The van der Waals surface area contributed by atoms with Crippen LogP contribution >= 0.6 is 11.6 Å². The number of rotatable bonds is 8. The Balaban J connectivity index is 1.76. The molecule has 1 aromatic carbocycles. The second-order valence-corrected chi connectivity index (χ2v) is 6.86. The summed E-state index contributed by atoms with van der Waals surface area (Å²) in [4.78, 5) is 25.2. The fourth-order valence-electron chi connectivity index (χ4n) is 2.67. The summed E-state index contributed by atoms with van der Waals surface area (Å²) in [6.07, 6.45) is -2.53. The number of hydrogen-bond acceptors (Lipinski definition) is 4. The third-order valence-electron chi connectivity index (χ3n) is 4.15. The molecule has 10 heteroatoms. The van der Waals surface area contributed by atoms with Gasteiger partial charge in [-0.15, -0.1) is 0 Å². The van der Waals surface area contributed by atoms with Gasteiger partial charge in [0.1, 0.15) is 0 Å². The van der Waals surface area contributed by atoms with E-state index in [0.29, 0.717) is 6.61 Å². The van der Waals surface area contributed by atoms with Crippen molar-refractivity contribution in [3.63, 3.8) is 0 Å². The summed E-state index contributed by atoms with van der Waals surface area (Å²) in [5.41, 5.74) is -1.10. The average molecular weight is 423 g/mol. The first-order valence-corrected chi connectivity index (χ1v) is 9.14. The molecule has 1 atom stereocenters. The fraction of sp³-hybridized carbons (Fsp3) is 0.556. The molecular weight excluding hydrogens is 401 g/mol. The van der Waals surface area contributed by atoms with Crippen LogP contribution in [-0.4, -0.2) is 56.2 Å². The van der Waals surface area contributed by atoms with E-state index < -0.39 is 22.7 Å². The molecule has 0 spiro atoms. The number of halogens is 4. The number of alkyl halides is 3. The number of benzene rings is 1. The van der Waals surface area contributed by atoms with Crippen LogP contribution in [0.5, 0.6) is 0 Å². The summed E-state index contributed by atoms with van der Waals surface area (Å²) >= 11 is 5.54. The fourth-order valence-corrected chi connectivity index (χ4v) is 2.89. The quantitative estimate of drug-likeness (QED) is 0.652. The van der Waals surface area contributed by atoms with Crippen LogP contribution < -0.4 is 5.32 Å². The van der Waals surface area contributed by atoms with Crippen molar-refractivity contribution in [3.8, 4) is 0 Å². The highest BCUT2D eigenvalue weighted by Crippen LogP contribution is 2.36. The van der Waals surface area contributed by atoms with Crippen LogP contribution in [0.25, 0.3) is 0 Å². The van der Waals surface area contributed by atoms with Gasteiger partial charge in [0.25, 0.3) is 0 Å². The van der Waals surface area contributed by atoms with Gasteiger partial charge in [-0.05, 0) is 31.0 Å². The molecule has 1 heterocycles. The van der Waals surface area contributed by atoms with Crippen molar-refractivity contribution in [2.24, 2.45) is 0 Å². The highest BCUT2D eigenvalue weighted by atomic mass is 35.5. The summed E-state index contributed by atoms with van der Waals surface area (Å²) in [5.74, 6) is -0.929. The molecular formula is C18H22ClF3N2O4. The van der Waals surface area contributed by atoms with Crippen molar-refractivity contribution in [2.75, 3.05) is 38.7 Å². The Morgan fingerprint density at radius 1 is 1.39 bits per heavy atom. The summed E-state index contributed by atoms with van der Waals surface area (Å²) in [6, 6.07) is 3.07. The SMILES string of the molecule is CN(CC(=O)Nc1ccc(Cl)c(C(F)(F)F)c1)C(=O)CCOCC1CCCO1. The molecule has 1 aliphatic rings. The first kappa shape index (κ1) is 22.4. The van der Waals surface area contributed by atoms with E-state index in [1.807, 2.05) is 0 Å². The van der Waals surface area contributed by atoms with Crippen molar-refractivity contribution in [3.05, 3.63) is 28.8 Å². The lowest BCUT2D eigenvalue weighted by atomic mass is 10.2. The second-order valence-electron chi connectivity index (χ2n) is 6.45. The van der Waals surface area contributed by atoms with Crippen molar-refractivity contribution < 1.29 is 32.2 Å². The van der Waals surface area contributed by atoms with Crippen LogP contribution in [0.3, 0.4) is 0 Å². The van der Waals surface area contributed by atoms with Crippen molar-refractivity contribution in [1.29, 1.82) is 0 Å². The molecule has 0 saturated carbocycles. The van der Waals surface area contributed by atoms with Gasteiger partial charge in [-0.2, -0.15) is 13.2 Å². The molecule has 0 aromatic heterocycles. The Morgan fingerprint density at radius 2 is 2.14 bits per heavy atom. The van der Waals surface area contributed by atoms with Gasteiger partial charge in [-0.1, -0.05) is 11.6 Å². The highest BCUT2D eigenvalue weighted by molar-refractivity contribution is 6.31. The Bertz CT molecular complexity index is 694. The highest BCUT2D eigenvalue weighted by Gasteiger charge is 2.33. The Morgan fingerprint density at radius 3 is 2.79 bits per heavy atom. The van der Waals surface area contributed by atoms with Crippen LogP contribution in [0.2, 0.25) is 5.02 Å². The number of nitrogens with zero attached hydrogens (tertiary/aromatic N) is 1. The summed E-state index contributed by atoms with van der Waals surface area (Å²) < 4.78 is 49.4. The van der Waals surface area contributed by atoms with E-state index in [2.05, 4.69) is 5.32 Å². The monoisotopic (exact) mass is 422 g/mol. The zero-order chi connectivity index (χ0) is 20.7. The van der Waals surface area contributed by atoms with E-state index in [1.165, 1.54) is 18.0 Å². The lowest BCUT2D eigenvalue weighted by Crippen LogP contribution is -2.35. The molecule has 28 heavy (non-hydrogen) atoms. The van der Waals surface area contributed by atoms with Gasteiger partial charge in [0, 0.05) is 19.3 Å². The molecule has 1 aromatic rings. The number of ether oxygens (including phenoxy) is 2. The molecule has 0 bridgehead atoms. The normalized spacial score (nSPS) is 16.8. The molecule has 1 fully saturated rings. The van der Waals surface area contributed by atoms with Gasteiger partial charge in [-0.25, -0.2) is 0 Å². The molecule has 6 nitrogen and oxygen atoms in total. The Labute approximate surface area is 165 Å². The topological polar surface area (TPSA) is 67.9 Å². The summed E-state index contributed by atoms with van der Waals surface area (Å²) in [6.45, 7) is 1.06. The van der Waals surface area contributed by atoms with E-state index >= 15 is 0 Å². The van der Waals surface area contributed by atoms with E-state index in [9.17, 15) is 22.8 Å². The number of likely N-dealkylation sites (N-methyl/N-ethyl adjacent to an activating group) is 1. The standard InChI is InChI=1S/C18H22ClF3N2O4/c1-24(17(26)6-8-27-11-13-3-2-7-28-13)10-16(25)23-12-4-5-15(19)14(9-12)18(20,21)22/h4-5,9,13H,2-3,6-8,10-11H2,1H3,(H,23,25). The van der Waals surface area contributed by atoms with Gasteiger partial charge in [0.05, 0.1) is 42.9 Å². The van der Waals surface area contributed by atoms with Crippen LogP contribution in [0.1, 0.15) is 24.8 Å². The predicted octanol–water partition coefficient (Wildman–Crippen LogP) is 3.34. The van der Waals surface area contributed by atoms with Gasteiger partial charge in [0.15, 0.2) is 0 Å². The number of amides is 2. The van der Waals surface area contributed by atoms with E-state index in [-0.39, 0.29) is 37.3 Å². The van der Waals surface area contributed by atoms with E-state index in [0.717, 1.165) is 31.6 Å². The molecule has 1 saturated heterocycles. The number of nitrogens with one attached hydrogen (secondary N) is 1. The maximum absolute atomic E-state index is 12.9. The van der Waals surface area contributed by atoms with E-state index in [1.54, 1.807) is 0 Å². The zero-order valence-corrected chi connectivity index (χ0v) is 16.1. The van der Waals surface area contributed by atoms with Gasteiger partial charge in [0.2, 0.25) is 11.8 Å². The number of anilines is 1.